The van der Waals surface area contributed by atoms with Gasteiger partial charge in [0.1, 0.15) is 0 Å². The number of hydrogen-bond donors (Lipinski definition) is 1. The van der Waals surface area contributed by atoms with E-state index >= 15 is 0 Å². The lowest BCUT2D eigenvalue weighted by Gasteiger charge is -2.12. The average Bonchev–Trinajstić information content (AvgIpc) is 2.67. The van der Waals surface area contributed by atoms with Gasteiger partial charge in [0.15, 0.2) is 0 Å². The fourth-order valence-corrected chi connectivity index (χ4v) is 1.71. The summed E-state index contributed by atoms with van der Waals surface area (Å²) < 4.78 is 7.16. The normalized spacial score (nSPS) is 12.9. The van der Waals surface area contributed by atoms with E-state index in [2.05, 4.69) is 35.0 Å². The average molecular weight is 225 g/mol. The second-order valence-electron chi connectivity index (χ2n) is 4.24. The van der Waals surface area contributed by atoms with Gasteiger partial charge in [-0.25, -0.2) is 0 Å². The monoisotopic (exact) mass is 225 g/mol. The molecule has 1 unspecified atom stereocenters. The summed E-state index contributed by atoms with van der Waals surface area (Å²) in [5, 5.41) is 7.72. The second kappa shape index (κ2) is 7.41. The van der Waals surface area contributed by atoms with Gasteiger partial charge in [-0.15, -0.1) is 0 Å². The van der Waals surface area contributed by atoms with Gasteiger partial charge in [0.05, 0.1) is 5.69 Å². The number of aryl methyl sites for hydroxylation is 1. The number of rotatable bonds is 8. The van der Waals surface area contributed by atoms with Gasteiger partial charge in [0.25, 0.3) is 0 Å². The van der Waals surface area contributed by atoms with Crippen molar-refractivity contribution < 1.29 is 4.74 Å². The van der Waals surface area contributed by atoms with E-state index in [-0.39, 0.29) is 0 Å². The number of hydrogen-bond acceptors (Lipinski definition) is 3. The fraction of sp³-hybridized carbons (Fsp3) is 0.750. The van der Waals surface area contributed by atoms with E-state index in [0.29, 0.717) is 5.92 Å². The summed E-state index contributed by atoms with van der Waals surface area (Å²) in [7, 11) is 1.74. The Labute approximate surface area is 98.0 Å². The van der Waals surface area contributed by atoms with E-state index in [1.807, 2.05) is 6.20 Å². The molecule has 1 heterocycles. The van der Waals surface area contributed by atoms with E-state index in [9.17, 15) is 0 Å². The van der Waals surface area contributed by atoms with Crippen LogP contribution in [0.5, 0.6) is 0 Å². The molecule has 0 radical (unpaired) electrons. The van der Waals surface area contributed by atoms with Gasteiger partial charge in [-0.2, -0.15) is 5.10 Å². The zero-order valence-corrected chi connectivity index (χ0v) is 10.6. The molecule has 0 aromatic carbocycles. The van der Waals surface area contributed by atoms with Crippen LogP contribution in [0, 0.1) is 5.92 Å². The molecule has 4 nitrogen and oxygen atoms in total. The molecule has 16 heavy (non-hydrogen) atoms. The molecule has 0 bridgehead atoms. The summed E-state index contributed by atoms with van der Waals surface area (Å²) in [5.41, 5.74) is 1.26. The minimum absolute atomic E-state index is 0.549. The van der Waals surface area contributed by atoms with Crippen LogP contribution in [0.15, 0.2) is 12.3 Å². The summed E-state index contributed by atoms with van der Waals surface area (Å²) in [6.07, 6.45) is 2.99. The van der Waals surface area contributed by atoms with Crippen LogP contribution in [-0.4, -0.2) is 30.0 Å². The van der Waals surface area contributed by atoms with Gasteiger partial charge in [0, 0.05) is 39.5 Å². The Morgan fingerprint density at radius 1 is 1.56 bits per heavy atom. The lowest BCUT2D eigenvalue weighted by Crippen LogP contribution is -2.24. The van der Waals surface area contributed by atoms with Crippen LogP contribution >= 0.6 is 0 Å². The highest BCUT2D eigenvalue weighted by Gasteiger charge is 2.03. The van der Waals surface area contributed by atoms with Gasteiger partial charge in [-0.3, -0.25) is 4.68 Å². The molecule has 4 heteroatoms. The summed E-state index contributed by atoms with van der Waals surface area (Å²) in [5.74, 6) is 0.549. The summed E-state index contributed by atoms with van der Waals surface area (Å²) >= 11 is 0. The maximum atomic E-state index is 5.10. The summed E-state index contributed by atoms with van der Waals surface area (Å²) in [6, 6.07) is 2.07. The highest BCUT2D eigenvalue weighted by atomic mass is 16.5. The largest absolute Gasteiger partial charge is 0.384 e. The van der Waals surface area contributed by atoms with Gasteiger partial charge in [-0.05, 0) is 18.4 Å². The summed E-state index contributed by atoms with van der Waals surface area (Å²) in [6.45, 7) is 8.01. The first-order chi connectivity index (χ1) is 7.77. The third-order valence-electron chi connectivity index (χ3n) is 2.49. The Morgan fingerprint density at radius 3 is 3.06 bits per heavy atom. The van der Waals surface area contributed by atoms with E-state index in [0.717, 1.165) is 32.7 Å². The molecule has 1 aromatic rings. The van der Waals surface area contributed by atoms with Crippen LogP contribution in [0.1, 0.15) is 26.0 Å². The molecule has 92 valence electrons. The molecule has 0 aliphatic heterocycles. The Morgan fingerprint density at radius 2 is 2.38 bits per heavy atom. The van der Waals surface area contributed by atoms with Crippen molar-refractivity contribution in [2.45, 2.75) is 33.4 Å². The Bertz CT molecular complexity index is 286. The first-order valence-electron chi connectivity index (χ1n) is 5.98. The number of ether oxygens (including phenoxy) is 1. The van der Waals surface area contributed by atoms with E-state index < -0.39 is 0 Å². The van der Waals surface area contributed by atoms with Crippen molar-refractivity contribution in [1.29, 1.82) is 0 Å². The minimum Gasteiger partial charge on any atom is -0.384 e. The van der Waals surface area contributed by atoms with Crippen LogP contribution in [0.3, 0.4) is 0 Å². The van der Waals surface area contributed by atoms with Gasteiger partial charge in [-0.1, -0.05) is 13.8 Å². The number of aromatic nitrogens is 2. The van der Waals surface area contributed by atoms with Crippen LogP contribution < -0.4 is 5.32 Å². The number of nitrogens with one attached hydrogen (secondary N) is 1. The molecular weight excluding hydrogens is 202 g/mol. The number of methoxy groups -OCH3 is 1. The van der Waals surface area contributed by atoms with E-state index in [1.54, 1.807) is 7.11 Å². The lowest BCUT2D eigenvalue weighted by atomic mass is 10.2. The zero-order chi connectivity index (χ0) is 11.8. The standard InChI is InChI=1S/C12H23N3O/c1-4-7-15-12(5-6-14-15)9-13-8-11(2)10-16-3/h5-6,11,13H,4,7-10H2,1-3H3. The van der Waals surface area contributed by atoms with Crippen molar-refractivity contribution in [1.82, 2.24) is 15.1 Å². The Hall–Kier alpha value is -0.870. The SMILES string of the molecule is CCCn1nccc1CNCC(C)COC. The Kier molecular flexibility index (Phi) is 6.11. The first kappa shape index (κ1) is 13.2. The molecule has 0 saturated carbocycles. The molecule has 0 saturated heterocycles. The van der Waals surface area contributed by atoms with Gasteiger partial charge in [0.2, 0.25) is 0 Å². The molecule has 1 atom stereocenters. The minimum atomic E-state index is 0.549. The van der Waals surface area contributed by atoms with Crippen LogP contribution in [0.4, 0.5) is 0 Å². The van der Waals surface area contributed by atoms with Gasteiger partial charge >= 0.3 is 0 Å². The van der Waals surface area contributed by atoms with Crippen molar-refractivity contribution in [2.75, 3.05) is 20.3 Å². The molecule has 0 spiro atoms. The maximum Gasteiger partial charge on any atom is 0.0522 e. The lowest BCUT2D eigenvalue weighted by molar-refractivity contribution is 0.158. The van der Waals surface area contributed by atoms with Crippen molar-refractivity contribution in [3.8, 4) is 0 Å². The molecule has 1 N–H and O–H groups in total. The molecular formula is C12H23N3O. The maximum absolute atomic E-state index is 5.10. The van der Waals surface area contributed by atoms with Crippen molar-refractivity contribution in [3.63, 3.8) is 0 Å². The molecule has 0 aliphatic carbocycles. The molecule has 0 aliphatic rings. The highest BCUT2D eigenvalue weighted by Crippen LogP contribution is 2.00. The van der Waals surface area contributed by atoms with Crippen LogP contribution in [0.2, 0.25) is 0 Å². The van der Waals surface area contributed by atoms with Crippen molar-refractivity contribution >= 4 is 0 Å². The number of nitrogens with zero attached hydrogens (tertiary/aromatic N) is 2. The highest BCUT2D eigenvalue weighted by molar-refractivity contribution is 4.99. The quantitative estimate of drug-likeness (QED) is 0.731. The fourth-order valence-electron chi connectivity index (χ4n) is 1.71. The van der Waals surface area contributed by atoms with Gasteiger partial charge < -0.3 is 10.1 Å². The molecule has 1 aromatic heterocycles. The Balaban J connectivity index is 2.28. The summed E-state index contributed by atoms with van der Waals surface area (Å²) in [4.78, 5) is 0. The second-order valence-corrected chi connectivity index (χ2v) is 4.24. The topological polar surface area (TPSA) is 39.1 Å². The van der Waals surface area contributed by atoms with Crippen LogP contribution in [-0.2, 0) is 17.8 Å². The zero-order valence-electron chi connectivity index (χ0n) is 10.6. The molecule has 0 amide bonds. The third kappa shape index (κ3) is 4.33. The molecule has 1 rings (SSSR count). The predicted molar refractivity (Wildman–Crippen MR) is 65.3 cm³/mol. The van der Waals surface area contributed by atoms with E-state index in [1.165, 1.54) is 5.69 Å². The predicted octanol–water partition coefficient (Wildman–Crippen LogP) is 1.67. The smallest absolute Gasteiger partial charge is 0.0522 e. The van der Waals surface area contributed by atoms with Crippen molar-refractivity contribution in [3.05, 3.63) is 18.0 Å². The van der Waals surface area contributed by atoms with Crippen molar-refractivity contribution in [2.24, 2.45) is 5.92 Å². The molecule has 0 fully saturated rings. The van der Waals surface area contributed by atoms with Crippen LogP contribution in [0.25, 0.3) is 0 Å². The first-order valence-corrected chi connectivity index (χ1v) is 5.98. The third-order valence-corrected chi connectivity index (χ3v) is 2.49. The van der Waals surface area contributed by atoms with E-state index in [4.69, 9.17) is 4.74 Å².